The molecule has 8 rings (SSSR count). The number of imide groups is 1. The molecule has 4 aromatic rings. The van der Waals surface area contributed by atoms with Crippen LogP contribution in [0.15, 0.2) is 47.5 Å². The van der Waals surface area contributed by atoms with Crippen molar-refractivity contribution in [3.63, 3.8) is 0 Å². The summed E-state index contributed by atoms with van der Waals surface area (Å²) in [6.07, 6.45) is 9.69. The molecule has 0 spiro atoms. The monoisotopic (exact) mass is 815 g/mol. The highest BCUT2D eigenvalue weighted by atomic mass is 16.2. The summed E-state index contributed by atoms with van der Waals surface area (Å²) in [6, 6.07) is 8.41. The Labute approximate surface area is 349 Å². The predicted molar refractivity (Wildman–Crippen MR) is 228 cm³/mol. The van der Waals surface area contributed by atoms with E-state index in [4.69, 9.17) is 4.98 Å². The molecule has 15 nitrogen and oxygen atoms in total. The average Bonchev–Trinajstić information content (AvgIpc) is 3.85. The number of aromatic nitrogens is 4. The number of piperidine rings is 1. The second-order valence-corrected chi connectivity index (χ2v) is 16.9. The maximum absolute atomic E-state index is 13.6. The van der Waals surface area contributed by atoms with E-state index in [0.29, 0.717) is 45.4 Å². The van der Waals surface area contributed by atoms with Gasteiger partial charge in [0.25, 0.3) is 17.4 Å². The van der Waals surface area contributed by atoms with E-state index in [-0.39, 0.29) is 47.4 Å². The van der Waals surface area contributed by atoms with E-state index in [1.807, 2.05) is 18.3 Å². The minimum atomic E-state index is -0.944. The van der Waals surface area contributed by atoms with Crippen molar-refractivity contribution in [1.82, 2.24) is 29.3 Å². The number of rotatable bonds is 13. The fourth-order valence-corrected chi connectivity index (χ4v) is 9.58. The molecule has 1 aliphatic carbocycles. The molecule has 0 radical (unpaired) electrons. The van der Waals surface area contributed by atoms with Crippen LogP contribution in [0.25, 0.3) is 11.0 Å². The van der Waals surface area contributed by atoms with E-state index >= 15 is 0 Å². The number of amides is 2. The highest BCUT2D eigenvalue weighted by Gasteiger charge is 2.42. The first-order valence-electron chi connectivity index (χ1n) is 21.3. The predicted octanol–water partition coefficient (Wildman–Crippen LogP) is 5.52. The van der Waals surface area contributed by atoms with Crippen molar-refractivity contribution in [3.05, 3.63) is 75.3 Å². The average molecular weight is 816 g/mol. The van der Waals surface area contributed by atoms with Crippen LogP contribution in [-0.2, 0) is 9.59 Å². The molecule has 1 atom stereocenters. The summed E-state index contributed by atoms with van der Waals surface area (Å²) in [5.74, 6) is -0.0947. The van der Waals surface area contributed by atoms with Gasteiger partial charge in [-0.15, -0.1) is 0 Å². The first-order valence-corrected chi connectivity index (χ1v) is 21.3. The van der Waals surface area contributed by atoms with Gasteiger partial charge in [0.2, 0.25) is 5.95 Å². The third kappa shape index (κ3) is 8.06. The first kappa shape index (κ1) is 40.9. The van der Waals surface area contributed by atoms with E-state index in [9.17, 15) is 28.8 Å². The van der Waals surface area contributed by atoms with Crippen LogP contribution in [0.3, 0.4) is 0 Å². The molecule has 1 N–H and O–H groups in total. The number of ketones is 3. The minimum absolute atomic E-state index is 0.00595. The molecule has 1 unspecified atom stereocenters. The van der Waals surface area contributed by atoms with Crippen LogP contribution >= 0.6 is 0 Å². The van der Waals surface area contributed by atoms with Crippen LogP contribution in [0.2, 0.25) is 0 Å². The zero-order chi connectivity index (χ0) is 42.2. The van der Waals surface area contributed by atoms with E-state index in [2.05, 4.69) is 36.1 Å². The van der Waals surface area contributed by atoms with Crippen molar-refractivity contribution < 1.29 is 24.0 Å². The third-order valence-electron chi connectivity index (χ3n) is 12.9. The Morgan fingerprint density at radius 2 is 1.48 bits per heavy atom. The number of aryl methyl sites for hydroxylation is 1. The molecule has 1 aromatic carbocycles. The van der Waals surface area contributed by atoms with Gasteiger partial charge in [0, 0.05) is 75.5 Å². The highest BCUT2D eigenvalue weighted by molar-refractivity contribution is 6.23. The Bertz CT molecular complexity index is 2410. The molecule has 314 valence electrons. The van der Waals surface area contributed by atoms with Crippen LogP contribution in [-0.4, -0.2) is 110 Å². The lowest BCUT2D eigenvalue weighted by Crippen LogP contribution is -2.49. The van der Waals surface area contributed by atoms with Gasteiger partial charge in [-0.3, -0.25) is 38.3 Å². The summed E-state index contributed by atoms with van der Waals surface area (Å²) in [5, 5.41) is 3.93. The maximum atomic E-state index is 13.6. The van der Waals surface area contributed by atoms with Gasteiger partial charge in [0.1, 0.15) is 17.2 Å². The second kappa shape index (κ2) is 17.0. The normalized spacial score (nSPS) is 18.4. The number of benzene rings is 1. The number of carbonyl (C=O) groups excluding carboxylic acids is 5. The summed E-state index contributed by atoms with van der Waals surface area (Å²) < 4.78 is 1.71. The molecule has 3 fully saturated rings. The molecular weight excluding hydrogens is 763 g/mol. The number of anilines is 4. The number of Topliss-reactive ketones (excluding diaryl/α,β-unsaturated/α-hetero) is 3. The minimum Gasteiger partial charge on any atom is -0.371 e. The molecule has 0 bridgehead atoms. The SMILES string of the molecule is CC(=O)CCC(C(C)=O)N1C(=O)c2ccc(N3CCC(CN4CCN(c5ccc(Nc6ncc7c(C)c(C(C)=O)c(=O)n(C8CCCC8)c7n6)nc5)CC4)CC3)cc2C1=O. The van der Waals surface area contributed by atoms with Gasteiger partial charge in [-0.25, -0.2) is 9.97 Å². The Kier molecular flexibility index (Phi) is 11.6. The van der Waals surface area contributed by atoms with Gasteiger partial charge >= 0.3 is 0 Å². The fourth-order valence-electron chi connectivity index (χ4n) is 9.58. The Balaban J connectivity index is 0.836. The number of hydrogen-bond donors (Lipinski definition) is 1. The molecule has 2 saturated heterocycles. The van der Waals surface area contributed by atoms with Gasteiger partial charge in [-0.2, -0.15) is 4.98 Å². The molecule has 1 saturated carbocycles. The van der Waals surface area contributed by atoms with Crippen LogP contribution in [0.5, 0.6) is 0 Å². The van der Waals surface area contributed by atoms with Gasteiger partial charge in [-0.05, 0) is 102 Å². The van der Waals surface area contributed by atoms with Crippen molar-refractivity contribution in [3.8, 4) is 0 Å². The number of piperazine rings is 1. The number of nitrogens with zero attached hydrogens (tertiary/aromatic N) is 8. The van der Waals surface area contributed by atoms with Gasteiger partial charge in [0.15, 0.2) is 11.6 Å². The largest absolute Gasteiger partial charge is 0.371 e. The standard InChI is InChI=1S/C45H53N9O6/c1-27(55)9-13-38(29(3)56)54-42(58)35-12-10-33(23-36(35)43(54)59)51-17-15-31(16-18-51)26-50-19-21-52(22-20-50)34-11-14-39(46-24-34)48-45-47-25-37-28(2)40(30(4)57)44(60)53(41(37)49-45)32-7-5-6-8-32/h10-12,14,23-25,31-32,38H,5-9,13,15-22,26H2,1-4H3,(H,46,47,48,49). The molecule has 15 heteroatoms. The zero-order valence-electron chi connectivity index (χ0n) is 34.9. The van der Waals surface area contributed by atoms with Gasteiger partial charge in [0.05, 0.1) is 34.6 Å². The van der Waals surface area contributed by atoms with E-state index in [0.717, 1.165) is 101 Å². The van der Waals surface area contributed by atoms with E-state index in [1.165, 1.54) is 20.8 Å². The number of pyridine rings is 2. The van der Waals surface area contributed by atoms with Crippen LogP contribution in [0, 0.1) is 12.8 Å². The smallest absolute Gasteiger partial charge is 0.263 e. The van der Waals surface area contributed by atoms with Crippen molar-refractivity contribution in [2.45, 2.75) is 91.1 Å². The molecule has 2 amide bonds. The molecule has 60 heavy (non-hydrogen) atoms. The van der Waals surface area contributed by atoms with Crippen LogP contribution < -0.4 is 20.7 Å². The van der Waals surface area contributed by atoms with Gasteiger partial charge < -0.3 is 19.9 Å². The van der Waals surface area contributed by atoms with Gasteiger partial charge in [-0.1, -0.05) is 12.8 Å². The fraction of sp³-hybridized carbons (Fsp3) is 0.489. The number of hydrogen-bond acceptors (Lipinski definition) is 13. The third-order valence-corrected chi connectivity index (χ3v) is 12.9. The summed E-state index contributed by atoms with van der Waals surface area (Å²) in [4.78, 5) is 99.0. The first-order chi connectivity index (χ1) is 28.9. The van der Waals surface area contributed by atoms with Crippen molar-refractivity contribution in [2.75, 3.05) is 60.9 Å². The Morgan fingerprint density at radius 3 is 2.13 bits per heavy atom. The summed E-state index contributed by atoms with van der Waals surface area (Å²) in [6.45, 7) is 12.4. The summed E-state index contributed by atoms with van der Waals surface area (Å²) >= 11 is 0. The van der Waals surface area contributed by atoms with Crippen molar-refractivity contribution in [1.29, 1.82) is 0 Å². The Hall–Kier alpha value is -5.83. The van der Waals surface area contributed by atoms with Crippen LogP contribution in [0.4, 0.5) is 23.1 Å². The van der Waals surface area contributed by atoms with Crippen molar-refractivity contribution in [2.24, 2.45) is 5.92 Å². The molecule has 4 aliphatic rings. The quantitative estimate of drug-likeness (QED) is 0.132. The maximum Gasteiger partial charge on any atom is 0.263 e. The highest BCUT2D eigenvalue weighted by Crippen LogP contribution is 2.34. The lowest BCUT2D eigenvalue weighted by atomic mass is 9.95. The number of carbonyl (C=O) groups is 5. The number of fused-ring (bicyclic) bond motifs is 2. The molecule has 3 aromatic heterocycles. The van der Waals surface area contributed by atoms with E-state index in [1.54, 1.807) is 29.8 Å². The molecule has 6 heterocycles. The summed E-state index contributed by atoms with van der Waals surface area (Å²) in [5.41, 5.74) is 3.66. The second-order valence-electron chi connectivity index (χ2n) is 16.9. The number of nitrogens with one attached hydrogen (secondary N) is 1. The summed E-state index contributed by atoms with van der Waals surface area (Å²) in [7, 11) is 0. The van der Waals surface area contributed by atoms with Crippen LogP contribution in [0.1, 0.15) is 115 Å². The zero-order valence-corrected chi connectivity index (χ0v) is 34.9. The lowest BCUT2D eigenvalue weighted by Gasteiger charge is -2.40. The Morgan fingerprint density at radius 1 is 0.800 bits per heavy atom. The molecule has 3 aliphatic heterocycles. The topological polar surface area (TPSA) is 171 Å². The molecular formula is C45H53N9O6. The lowest BCUT2D eigenvalue weighted by molar-refractivity contribution is -0.121. The van der Waals surface area contributed by atoms with Crippen molar-refractivity contribution >= 4 is 63.3 Å². The van der Waals surface area contributed by atoms with E-state index < -0.39 is 17.9 Å².